The summed E-state index contributed by atoms with van der Waals surface area (Å²) in [5, 5.41) is 25.2. The van der Waals surface area contributed by atoms with E-state index in [0.717, 1.165) is 25.2 Å². The van der Waals surface area contributed by atoms with Crippen molar-refractivity contribution in [3.63, 3.8) is 0 Å². The van der Waals surface area contributed by atoms with Crippen LogP contribution in [0.1, 0.15) is 34.7 Å². The number of hydrogen-bond donors (Lipinski definition) is 1. The summed E-state index contributed by atoms with van der Waals surface area (Å²) in [4.78, 5) is 40.2. The van der Waals surface area contributed by atoms with Crippen LogP contribution in [0.25, 0.3) is 5.76 Å². The van der Waals surface area contributed by atoms with E-state index in [2.05, 4.69) is 0 Å². The summed E-state index contributed by atoms with van der Waals surface area (Å²) in [6.07, 6.45) is 0.631. The van der Waals surface area contributed by atoms with E-state index in [4.69, 9.17) is 9.47 Å². The summed E-state index contributed by atoms with van der Waals surface area (Å²) >= 11 is 0. The number of Topliss-reactive ketones (excluding diaryl/α,β-unsaturated/α-hetero) is 1. The first kappa shape index (κ1) is 29.0. The molecule has 1 amide bonds. The van der Waals surface area contributed by atoms with Crippen molar-refractivity contribution in [1.29, 1.82) is 0 Å². The molecule has 2 aliphatic heterocycles. The molecule has 0 bridgehead atoms. The molecule has 2 saturated heterocycles. The molecule has 42 heavy (non-hydrogen) atoms. The van der Waals surface area contributed by atoms with E-state index in [1.54, 1.807) is 25.1 Å². The zero-order valence-electron chi connectivity index (χ0n) is 23.4. The monoisotopic (exact) mass is 571 g/mol. The number of ketones is 1. The molecular weight excluding hydrogens is 538 g/mol. The maximum Gasteiger partial charge on any atom is 0.295 e. The largest absolute Gasteiger partial charge is 0.872 e. The molecule has 1 N–H and O–H groups in total. The molecule has 10 nitrogen and oxygen atoms in total. The Morgan fingerprint density at radius 3 is 2.43 bits per heavy atom. The summed E-state index contributed by atoms with van der Waals surface area (Å²) in [6, 6.07) is 19.4. The lowest BCUT2D eigenvalue weighted by Gasteiger charge is -2.29. The Labute approximate surface area is 243 Å². The number of quaternary nitrogens is 1. The third kappa shape index (κ3) is 6.35. The third-order valence-corrected chi connectivity index (χ3v) is 7.77. The van der Waals surface area contributed by atoms with Crippen LogP contribution < -0.4 is 14.7 Å². The number of nitrogens with zero attached hydrogens (tertiary/aromatic N) is 2. The molecule has 0 radical (unpaired) electrons. The zero-order chi connectivity index (χ0) is 29.6. The van der Waals surface area contributed by atoms with Crippen LogP contribution in [0.15, 0.2) is 78.4 Å². The van der Waals surface area contributed by atoms with Gasteiger partial charge in [-0.25, -0.2) is 0 Å². The number of nitro benzene ring substituents is 1. The zero-order valence-corrected chi connectivity index (χ0v) is 23.4. The van der Waals surface area contributed by atoms with E-state index < -0.39 is 28.4 Å². The standard InChI is InChI=1S/C32H33N3O7/c1-22-20-26(42-21-23-6-3-2-4-7-23)12-13-27(22)30(36)28-29(24-8-10-25(11-9-24)35(39)40)34(32(38)31(28)37)15-5-14-33-16-18-41-19-17-33/h2-4,6-13,20,29,36H,5,14-19,21H2,1H3/b30-28+. The molecule has 2 fully saturated rings. The van der Waals surface area contributed by atoms with Crippen LogP contribution in [0.4, 0.5) is 5.69 Å². The minimum atomic E-state index is -0.939. The highest BCUT2D eigenvalue weighted by Crippen LogP contribution is 2.40. The number of hydrogen-bond acceptors (Lipinski definition) is 7. The highest BCUT2D eigenvalue weighted by atomic mass is 16.6. The highest BCUT2D eigenvalue weighted by Gasteiger charge is 2.44. The minimum absolute atomic E-state index is 0.119. The summed E-state index contributed by atoms with van der Waals surface area (Å²) in [5.74, 6) is -1.54. The average Bonchev–Trinajstić information content (AvgIpc) is 3.26. The number of carbonyl (C=O) groups excluding carboxylic acids is 2. The van der Waals surface area contributed by atoms with Gasteiger partial charge >= 0.3 is 0 Å². The molecule has 5 rings (SSSR count). The average molecular weight is 572 g/mol. The van der Waals surface area contributed by atoms with Crippen molar-refractivity contribution in [2.75, 3.05) is 39.4 Å². The second-order valence-corrected chi connectivity index (χ2v) is 10.5. The van der Waals surface area contributed by atoms with Crippen molar-refractivity contribution in [2.45, 2.75) is 26.0 Å². The molecule has 0 spiro atoms. The van der Waals surface area contributed by atoms with Gasteiger partial charge in [-0.15, -0.1) is 0 Å². The molecular formula is C32H33N3O7. The number of morpholine rings is 1. The first-order valence-electron chi connectivity index (χ1n) is 14.0. The number of nitrogens with one attached hydrogen (secondary N) is 1. The van der Waals surface area contributed by atoms with E-state index >= 15 is 0 Å². The molecule has 10 heteroatoms. The van der Waals surface area contributed by atoms with Gasteiger partial charge in [0.15, 0.2) is 0 Å². The second-order valence-electron chi connectivity index (χ2n) is 10.5. The summed E-state index contributed by atoms with van der Waals surface area (Å²) < 4.78 is 11.3. The number of benzene rings is 3. The summed E-state index contributed by atoms with van der Waals surface area (Å²) in [7, 11) is 0. The van der Waals surface area contributed by atoms with E-state index in [-0.39, 0.29) is 17.8 Å². The maximum absolute atomic E-state index is 13.9. The maximum atomic E-state index is 13.9. The number of non-ortho nitro benzene ring substituents is 1. The van der Waals surface area contributed by atoms with Crippen LogP contribution in [0, 0.1) is 17.0 Å². The minimum Gasteiger partial charge on any atom is -0.872 e. The Morgan fingerprint density at radius 2 is 1.76 bits per heavy atom. The fraction of sp³-hybridized carbons (Fsp3) is 0.312. The van der Waals surface area contributed by atoms with Crippen molar-refractivity contribution >= 4 is 23.1 Å². The van der Waals surface area contributed by atoms with E-state index in [1.165, 1.54) is 34.1 Å². The molecule has 0 aromatic heterocycles. The molecule has 3 aromatic carbocycles. The smallest absolute Gasteiger partial charge is 0.295 e. The lowest BCUT2D eigenvalue weighted by Crippen LogP contribution is -3.14. The van der Waals surface area contributed by atoms with Crippen molar-refractivity contribution in [1.82, 2.24) is 4.90 Å². The van der Waals surface area contributed by atoms with Gasteiger partial charge in [-0.1, -0.05) is 42.2 Å². The van der Waals surface area contributed by atoms with Crippen LogP contribution in [-0.2, 0) is 20.9 Å². The van der Waals surface area contributed by atoms with Gasteiger partial charge in [0.1, 0.15) is 25.4 Å². The van der Waals surface area contributed by atoms with Gasteiger partial charge in [-0.2, -0.15) is 0 Å². The predicted octanol–water partition coefficient (Wildman–Crippen LogP) is 2.01. The quantitative estimate of drug-likeness (QED) is 0.130. The molecule has 218 valence electrons. The summed E-state index contributed by atoms with van der Waals surface area (Å²) in [5.41, 5.74) is 2.12. The van der Waals surface area contributed by atoms with Crippen molar-refractivity contribution in [3.8, 4) is 5.75 Å². The van der Waals surface area contributed by atoms with Crippen LogP contribution in [0.2, 0.25) is 0 Å². The van der Waals surface area contributed by atoms with Crippen molar-refractivity contribution < 1.29 is 34.0 Å². The van der Waals surface area contributed by atoms with Gasteiger partial charge in [0.2, 0.25) is 5.78 Å². The lowest BCUT2D eigenvalue weighted by atomic mass is 9.93. The highest BCUT2D eigenvalue weighted by molar-refractivity contribution is 6.46. The van der Waals surface area contributed by atoms with Gasteiger partial charge in [-0.05, 0) is 53.4 Å². The normalized spacial score (nSPS) is 18.8. The fourth-order valence-electron chi connectivity index (χ4n) is 5.50. The van der Waals surface area contributed by atoms with Crippen LogP contribution in [-0.4, -0.2) is 60.9 Å². The van der Waals surface area contributed by atoms with E-state index in [1.807, 2.05) is 30.3 Å². The predicted molar refractivity (Wildman–Crippen MR) is 152 cm³/mol. The Kier molecular flexibility index (Phi) is 8.94. The number of amides is 1. The van der Waals surface area contributed by atoms with Gasteiger partial charge in [0, 0.05) is 30.7 Å². The molecule has 2 heterocycles. The SMILES string of the molecule is Cc1cc(OCc2ccccc2)ccc1/C([O-])=C1\C(=O)C(=O)N(CCC[NH+]2CCOCC2)C1c1ccc([N+](=O)[O-])cc1. The topological polar surface area (TPSA) is 126 Å². The van der Waals surface area contributed by atoms with Gasteiger partial charge < -0.3 is 24.4 Å². The second kappa shape index (κ2) is 13.0. The Hall–Kier alpha value is -4.54. The molecule has 1 unspecified atom stereocenters. The van der Waals surface area contributed by atoms with E-state index in [0.29, 0.717) is 48.7 Å². The van der Waals surface area contributed by atoms with Crippen LogP contribution in [0.5, 0.6) is 5.75 Å². The number of nitro groups is 1. The lowest BCUT2D eigenvalue weighted by molar-refractivity contribution is -0.908. The van der Waals surface area contributed by atoms with Crippen molar-refractivity contribution in [2.24, 2.45) is 0 Å². The summed E-state index contributed by atoms with van der Waals surface area (Å²) in [6.45, 7) is 6.31. The van der Waals surface area contributed by atoms with Gasteiger partial charge in [0.05, 0.1) is 30.7 Å². The van der Waals surface area contributed by atoms with Crippen LogP contribution >= 0.6 is 0 Å². The number of likely N-dealkylation sites (tertiary alicyclic amines) is 1. The van der Waals surface area contributed by atoms with Gasteiger partial charge in [0.25, 0.3) is 11.6 Å². The first-order valence-corrected chi connectivity index (χ1v) is 14.0. The molecule has 2 aliphatic rings. The molecule has 0 saturated carbocycles. The molecule has 0 aliphatic carbocycles. The molecule has 1 atom stereocenters. The number of aryl methyl sites for hydroxylation is 1. The van der Waals surface area contributed by atoms with Gasteiger partial charge in [-0.3, -0.25) is 19.7 Å². The number of rotatable bonds is 10. The van der Waals surface area contributed by atoms with E-state index in [9.17, 15) is 24.8 Å². The number of carbonyl (C=O) groups is 2. The Morgan fingerprint density at radius 1 is 1.05 bits per heavy atom. The molecule has 3 aromatic rings. The number of ether oxygens (including phenoxy) is 2. The first-order chi connectivity index (χ1) is 20.3. The third-order valence-electron chi connectivity index (χ3n) is 7.77. The van der Waals surface area contributed by atoms with Crippen molar-refractivity contribution in [3.05, 3.63) is 111 Å². The Balaban J connectivity index is 1.44. The van der Waals surface area contributed by atoms with Crippen LogP contribution in [0.3, 0.4) is 0 Å². The fourth-order valence-corrected chi connectivity index (χ4v) is 5.50. The Bertz CT molecular complexity index is 1480.